The molecule has 110 valence electrons. The number of oxime groups is 1. The average molecular weight is 329 g/mol. The highest BCUT2D eigenvalue weighted by Crippen LogP contribution is 2.29. The standard InChI is InChI=1S/C14H11ClF2N2OS/c15-11-5-8(14(18)19-20)1-2-9(11)7-21-13-6-10(16)3-4-12(13)17/h1-6,20H,7H2,(H2,18,19). The lowest BCUT2D eigenvalue weighted by atomic mass is 10.1. The van der Waals surface area contributed by atoms with E-state index in [0.717, 1.165) is 35.5 Å². The van der Waals surface area contributed by atoms with E-state index < -0.39 is 11.6 Å². The summed E-state index contributed by atoms with van der Waals surface area (Å²) in [6, 6.07) is 8.17. The quantitative estimate of drug-likeness (QED) is 0.293. The molecule has 0 aliphatic carbocycles. The summed E-state index contributed by atoms with van der Waals surface area (Å²) in [6.45, 7) is 0. The molecule has 0 aliphatic rings. The minimum atomic E-state index is -0.493. The number of hydrogen-bond acceptors (Lipinski definition) is 3. The summed E-state index contributed by atoms with van der Waals surface area (Å²) >= 11 is 7.23. The third-order valence-electron chi connectivity index (χ3n) is 2.73. The van der Waals surface area contributed by atoms with E-state index >= 15 is 0 Å². The van der Waals surface area contributed by atoms with Crippen LogP contribution in [-0.4, -0.2) is 11.0 Å². The number of benzene rings is 2. The molecule has 3 N–H and O–H groups in total. The molecule has 0 spiro atoms. The number of nitrogens with zero attached hydrogens (tertiary/aromatic N) is 1. The van der Waals surface area contributed by atoms with Crippen LogP contribution in [0.2, 0.25) is 5.02 Å². The molecule has 3 nitrogen and oxygen atoms in total. The van der Waals surface area contributed by atoms with Crippen LogP contribution in [0.25, 0.3) is 0 Å². The SMILES string of the molecule is N/C(=N/O)c1ccc(CSc2cc(F)ccc2F)c(Cl)c1. The van der Waals surface area contributed by atoms with Crippen molar-refractivity contribution in [1.82, 2.24) is 0 Å². The number of rotatable bonds is 4. The van der Waals surface area contributed by atoms with Crippen LogP contribution >= 0.6 is 23.4 Å². The van der Waals surface area contributed by atoms with Gasteiger partial charge in [0.15, 0.2) is 5.84 Å². The van der Waals surface area contributed by atoms with Crippen LogP contribution in [0.5, 0.6) is 0 Å². The van der Waals surface area contributed by atoms with Crippen molar-refractivity contribution in [2.45, 2.75) is 10.6 Å². The van der Waals surface area contributed by atoms with Gasteiger partial charge >= 0.3 is 0 Å². The summed E-state index contributed by atoms with van der Waals surface area (Å²) < 4.78 is 26.6. The van der Waals surface area contributed by atoms with E-state index in [1.807, 2.05) is 0 Å². The normalized spacial score (nSPS) is 11.7. The largest absolute Gasteiger partial charge is 0.409 e. The van der Waals surface area contributed by atoms with Crippen molar-refractivity contribution in [1.29, 1.82) is 0 Å². The van der Waals surface area contributed by atoms with E-state index in [1.54, 1.807) is 18.2 Å². The van der Waals surface area contributed by atoms with Crippen LogP contribution in [0.15, 0.2) is 46.4 Å². The zero-order chi connectivity index (χ0) is 15.4. The summed E-state index contributed by atoms with van der Waals surface area (Å²) in [5, 5.41) is 11.9. The van der Waals surface area contributed by atoms with Crippen molar-refractivity contribution in [2.75, 3.05) is 0 Å². The molecular weight excluding hydrogens is 318 g/mol. The van der Waals surface area contributed by atoms with E-state index in [4.69, 9.17) is 22.5 Å². The van der Waals surface area contributed by atoms with Crippen LogP contribution < -0.4 is 5.73 Å². The summed E-state index contributed by atoms with van der Waals surface area (Å²) in [4.78, 5) is 0.214. The Balaban J connectivity index is 2.15. The van der Waals surface area contributed by atoms with Gasteiger partial charge < -0.3 is 10.9 Å². The zero-order valence-electron chi connectivity index (χ0n) is 10.7. The fourth-order valence-electron chi connectivity index (χ4n) is 1.62. The van der Waals surface area contributed by atoms with Gasteiger partial charge in [0.1, 0.15) is 11.6 Å². The Morgan fingerprint density at radius 3 is 2.67 bits per heavy atom. The number of amidine groups is 1. The monoisotopic (exact) mass is 328 g/mol. The molecule has 2 rings (SSSR count). The fourth-order valence-corrected chi connectivity index (χ4v) is 2.92. The molecule has 2 aromatic carbocycles. The lowest BCUT2D eigenvalue weighted by Crippen LogP contribution is -2.12. The smallest absolute Gasteiger partial charge is 0.170 e. The Hall–Kier alpha value is -1.79. The van der Waals surface area contributed by atoms with Gasteiger partial charge in [-0.1, -0.05) is 28.9 Å². The molecule has 0 heterocycles. The third kappa shape index (κ3) is 3.86. The highest BCUT2D eigenvalue weighted by Gasteiger charge is 2.08. The highest BCUT2D eigenvalue weighted by atomic mass is 35.5. The van der Waals surface area contributed by atoms with Gasteiger partial charge in [0, 0.05) is 21.2 Å². The maximum atomic E-state index is 13.5. The molecule has 0 aromatic heterocycles. The molecule has 0 saturated heterocycles. The lowest BCUT2D eigenvalue weighted by Gasteiger charge is -2.07. The molecule has 2 aromatic rings. The van der Waals surface area contributed by atoms with Crippen LogP contribution in [-0.2, 0) is 5.75 Å². The van der Waals surface area contributed by atoms with Gasteiger partial charge in [-0.25, -0.2) is 8.78 Å². The van der Waals surface area contributed by atoms with Crippen molar-refractivity contribution in [3.8, 4) is 0 Å². The maximum absolute atomic E-state index is 13.5. The first-order chi connectivity index (χ1) is 10.0. The van der Waals surface area contributed by atoms with Crippen LogP contribution in [0.3, 0.4) is 0 Å². The lowest BCUT2D eigenvalue weighted by molar-refractivity contribution is 0.318. The molecule has 21 heavy (non-hydrogen) atoms. The molecule has 0 saturated carbocycles. The Morgan fingerprint density at radius 1 is 1.24 bits per heavy atom. The second-order valence-corrected chi connectivity index (χ2v) is 5.58. The molecule has 0 radical (unpaired) electrons. The van der Waals surface area contributed by atoms with Crippen molar-refractivity contribution in [3.63, 3.8) is 0 Å². The average Bonchev–Trinajstić information content (AvgIpc) is 2.48. The van der Waals surface area contributed by atoms with E-state index in [0.29, 0.717) is 16.3 Å². The van der Waals surface area contributed by atoms with E-state index in [1.165, 1.54) is 0 Å². The second kappa shape index (κ2) is 6.78. The highest BCUT2D eigenvalue weighted by molar-refractivity contribution is 7.98. The van der Waals surface area contributed by atoms with Crippen molar-refractivity contribution < 1.29 is 14.0 Å². The molecule has 0 atom stereocenters. The molecule has 7 heteroatoms. The van der Waals surface area contributed by atoms with Gasteiger partial charge in [-0.2, -0.15) is 0 Å². The maximum Gasteiger partial charge on any atom is 0.170 e. The van der Waals surface area contributed by atoms with E-state index in [9.17, 15) is 8.78 Å². The predicted molar refractivity (Wildman–Crippen MR) is 79.9 cm³/mol. The molecule has 0 amide bonds. The van der Waals surface area contributed by atoms with E-state index in [2.05, 4.69) is 5.16 Å². The minimum absolute atomic E-state index is 0.0488. The zero-order valence-corrected chi connectivity index (χ0v) is 12.3. The van der Waals surface area contributed by atoms with Crippen LogP contribution in [0, 0.1) is 11.6 Å². The van der Waals surface area contributed by atoms with E-state index in [-0.39, 0.29) is 10.7 Å². The second-order valence-electron chi connectivity index (χ2n) is 4.15. The van der Waals surface area contributed by atoms with Crippen molar-refractivity contribution >= 4 is 29.2 Å². The van der Waals surface area contributed by atoms with Crippen molar-refractivity contribution in [2.24, 2.45) is 10.9 Å². The van der Waals surface area contributed by atoms with Gasteiger partial charge in [0.25, 0.3) is 0 Å². The number of halogens is 3. The number of thioether (sulfide) groups is 1. The molecule has 0 aliphatic heterocycles. The Bertz CT molecular complexity index is 695. The molecule has 0 bridgehead atoms. The minimum Gasteiger partial charge on any atom is -0.409 e. The van der Waals surface area contributed by atoms with Gasteiger partial charge in [-0.05, 0) is 29.8 Å². The first kappa shape index (κ1) is 15.6. The molecular formula is C14H11ClF2N2OS. The van der Waals surface area contributed by atoms with Crippen LogP contribution in [0.1, 0.15) is 11.1 Å². The molecule has 0 fully saturated rings. The first-order valence-electron chi connectivity index (χ1n) is 5.85. The number of hydrogen-bond donors (Lipinski definition) is 2. The number of nitrogens with two attached hydrogens (primary N) is 1. The van der Waals surface area contributed by atoms with Gasteiger partial charge in [-0.3, -0.25) is 0 Å². The summed E-state index contributed by atoms with van der Waals surface area (Å²) in [5.41, 5.74) is 6.68. The van der Waals surface area contributed by atoms with Gasteiger partial charge in [0.2, 0.25) is 0 Å². The third-order valence-corrected chi connectivity index (χ3v) is 4.16. The summed E-state index contributed by atoms with van der Waals surface area (Å²) in [7, 11) is 0. The Morgan fingerprint density at radius 2 is 2.00 bits per heavy atom. The first-order valence-corrected chi connectivity index (χ1v) is 7.22. The van der Waals surface area contributed by atoms with Gasteiger partial charge in [-0.15, -0.1) is 11.8 Å². The van der Waals surface area contributed by atoms with Gasteiger partial charge in [0.05, 0.1) is 0 Å². The summed E-state index contributed by atoms with van der Waals surface area (Å²) in [5.74, 6) is -0.652. The summed E-state index contributed by atoms with van der Waals surface area (Å²) in [6.07, 6.45) is 0. The molecule has 0 unspecified atom stereocenters. The topological polar surface area (TPSA) is 58.6 Å². The fraction of sp³-hybridized carbons (Fsp3) is 0.0714. The predicted octanol–water partition coefficient (Wildman–Crippen LogP) is 4.01. The Kier molecular flexibility index (Phi) is 5.03. The Labute approximate surface area is 129 Å². The van der Waals surface area contributed by atoms with Crippen molar-refractivity contribution in [3.05, 3.63) is 64.2 Å². The van der Waals surface area contributed by atoms with Crippen LogP contribution in [0.4, 0.5) is 8.78 Å².